The van der Waals surface area contributed by atoms with Crippen LogP contribution in [0.2, 0.25) is 0 Å². The Bertz CT molecular complexity index is 391. The molecule has 0 amide bonds. The second kappa shape index (κ2) is 7.69. The van der Waals surface area contributed by atoms with Gasteiger partial charge in [-0.15, -0.1) is 0 Å². The molecule has 0 atom stereocenters. The van der Waals surface area contributed by atoms with E-state index < -0.39 is 0 Å². The fourth-order valence-electron chi connectivity index (χ4n) is 1.82. The summed E-state index contributed by atoms with van der Waals surface area (Å²) in [6.45, 7) is 4.60. The molecule has 0 aliphatic heterocycles. The molecule has 0 N–H and O–H groups in total. The molecule has 0 spiro atoms. The Morgan fingerprint density at radius 2 is 1.94 bits per heavy atom. The van der Waals surface area contributed by atoms with Crippen LogP contribution in [0.15, 0.2) is 18.2 Å². The fourth-order valence-corrected chi connectivity index (χ4v) is 1.82. The van der Waals surface area contributed by atoms with Crippen LogP contribution in [0.25, 0.3) is 0 Å². The summed E-state index contributed by atoms with van der Waals surface area (Å²) in [6.07, 6.45) is 5.98. The van der Waals surface area contributed by atoms with Gasteiger partial charge in [-0.2, -0.15) is 0 Å². The quantitative estimate of drug-likeness (QED) is 0.394. The second-order valence-electron chi connectivity index (χ2n) is 4.47. The highest BCUT2D eigenvalue weighted by molar-refractivity contribution is 5.44. The molecule has 0 aliphatic carbocycles. The van der Waals surface area contributed by atoms with Crippen molar-refractivity contribution in [2.75, 3.05) is 6.61 Å². The van der Waals surface area contributed by atoms with Gasteiger partial charge in [0.05, 0.1) is 11.5 Å². The first-order valence-corrected chi connectivity index (χ1v) is 6.53. The van der Waals surface area contributed by atoms with E-state index in [4.69, 9.17) is 4.74 Å². The van der Waals surface area contributed by atoms with E-state index in [2.05, 4.69) is 6.92 Å². The summed E-state index contributed by atoms with van der Waals surface area (Å²) < 4.78 is 5.58. The van der Waals surface area contributed by atoms with Crippen molar-refractivity contribution >= 4 is 5.69 Å². The molecule has 0 saturated heterocycles. The zero-order chi connectivity index (χ0) is 13.4. The molecule has 1 rings (SSSR count). The van der Waals surface area contributed by atoms with Crippen molar-refractivity contribution in [3.63, 3.8) is 0 Å². The highest BCUT2D eigenvalue weighted by Gasteiger charge is 2.10. The van der Waals surface area contributed by atoms with Crippen LogP contribution in [-0.2, 0) is 0 Å². The fraction of sp³-hybridized carbons (Fsp3) is 0.571. The summed E-state index contributed by atoms with van der Waals surface area (Å²) in [6, 6.07) is 4.89. The largest absolute Gasteiger partial charge is 0.494 e. The highest BCUT2D eigenvalue weighted by atomic mass is 16.6. The monoisotopic (exact) mass is 251 g/mol. The van der Waals surface area contributed by atoms with Crippen molar-refractivity contribution in [3.05, 3.63) is 33.9 Å². The summed E-state index contributed by atoms with van der Waals surface area (Å²) >= 11 is 0. The molecule has 0 saturated carbocycles. The first kappa shape index (κ1) is 14.5. The Hall–Kier alpha value is -1.58. The molecule has 0 radical (unpaired) electrons. The minimum atomic E-state index is -0.371. The van der Waals surface area contributed by atoms with E-state index in [9.17, 15) is 10.1 Å². The van der Waals surface area contributed by atoms with E-state index >= 15 is 0 Å². The van der Waals surface area contributed by atoms with Crippen LogP contribution >= 0.6 is 0 Å². The van der Waals surface area contributed by atoms with Gasteiger partial charge in [-0.05, 0) is 25.5 Å². The lowest BCUT2D eigenvalue weighted by molar-refractivity contribution is -0.385. The molecular weight excluding hydrogens is 230 g/mol. The standard InChI is InChI=1S/C14H21NO3/c1-3-4-5-6-7-10-18-13-8-9-14(15(16)17)12(2)11-13/h8-9,11H,3-7,10H2,1-2H3. The van der Waals surface area contributed by atoms with Gasteiger partial charge in [0.1, 0.15) is 5.75 Å². The van der Waals surface area contributed by atoms with Gasteiger partial charge in [0.2, 0.25) is 0 Å². The van der Waals surface area contributed by atoms with Crippen LogP contribution in [0.1, 0.15) is 44.6 Å². The summed E-state index contributed by atoms with van der Waals surface area (Å²) in [4.78, 5) is 10.3. The number of aryl methyl sites for hydroxylation is 1. The third kappa shape index (κ3) is 4.73. The van der Waals surface area contributed by atoms with E-state index in [0.717, 1.165) is 6.42 Å². The lowest BCUT2D eigenvalue weighted by Gasteiger charge is -2.07. The Morgan fingerprint density at radius 3 is 2.56 bits per heavy atom. The van der Waals surface area contributed by atoms with Crippen LogP contribution in [0, 0.1) is 17.0 Å². The van der Waals surface area contributed by atoms with Gasteiger partial charge >= 0.3 is 0 Å². The van der Waals surface area contributed by atoms with Crippen molar-refractivity contribution in [1.82, 2.24) is 0 Å². The van der Waals surface area contributed by atoms with Crippen LogP contribution in [-0.4, -0.2) is 11.5 Å². The topological polar surface area (TPSA) is 52.4 Å². The van der Waals surface area contributed by atoms with Crippen molar-refractivity contribution in [1.29, 1.82) is 0 Å². The highest BCUT2D eigenvalue weighted by Crippen LogP contribution is 2.23. The maximum atomic E-state index is 10.7. The van der Waals surface area contributed by atoms with Gasteiger partial charge in [-0.1, -0.05) is 32.6 Å². The lowest BCUT2D eigenvalue weighted by Crippen LogP contribution is -1.98. The molecule has 0 aliphatic rings. The number of ether oxygens (including phenoxy) is 1. The van der Waals surface area contributed by atoms with Crippen LogP contribution < -0.4 is 4.74 Å². The molecule has 1 aromatic carbocycles. The number of nitrogens with zero attached hydrogens (tertiary/aromatic N) is 1. The van der Waals surface area contributed by atoms with E-state index in [0.29, 0.717) is 17.9 Å². The van der Waals surface area contributed by atoms with Gasteiger partial charge in [0.15, 0.2) is 0 Å². The summed E-state index contributed by atoms with van der Waals surface area (Å²) in [5, 5.41) is 10.7. The van der Waals surface area contributed by atoms with Gasteiger partial charge < -0.3 is 4.74 Å². The number of nitro groups is 1. The van der Waals surface area contributed by atoms with Gasteiger partial charge in [0, 0.05) is 11.6 Å². The maximum absolute atomic E-state index is 10.7. The summed E-state index contributed by atoms with van der Waals surface area (Å²) in [7, 11) is 0. The predicted molar refractivity (Wildman–Crippen MR) is 72.1 cm³/mol. The molecule has 1 aromatic rings. The summed E-state index contributed by atoms with van der Waals surface area (Å²) in [5.74, 6) is 0.716. The average Bonchev–Trinajstić information content (AvgIpc) is 2.33. The third-order valence-electron chi connectivity index (χ3n) is 2.88. The van der Waals surface area contributed by atoms with Gasteiger partial charge in [0.25, 0.3) is 5.69 Å². The third-order valence-corrected chi connectivity index (χ3v) is 2.88. The van der Waals surface area contributed by atoms with Crippen molar-refractivity contribution in [2.45, 2.75) is 46.0 Å². The molecule has 0 unspecified atom stereocenters. The molecule has 0 fully saturated rings. The van der Waals surface area contributed by atoms with E-state index in [1.165, 1.54) is 31.7 Å². The Balaban J connectivity index is 2.35. The molecule has 4 nitrogen and oxygen atoms in total. The zero-order valence-electron chi connectivity index (χ0n) is 11.1. The molecule has 100 valence electrons. The van der Waals surface area contributed by atoms with E-state index in [1.54, 1.807) is 19.1 Å². The van der Waals surface area contributed by atoms with Crippen LogP contribution in [0.3, 0.4) is 0 Å². The maximum Gasteiger partial charge on any atom is 0.272 e. The molecular formula is C14H21NO3. The molecule has 0 bridgehead atoms. The minimum Gasteiger partial charge on any atom is -0.494 e. The first-order chi connectivity index (χ1) is 8.65. The average molecular weight is 251 g/mol. The number of rotatable bonds is 8. The Morgan fingerprint density at radius 1 is 1.22 bits per heavy atom. The van der Waals surface area contributed by atoms with Crippen molar-refractivity contribution in [2.24, 2.45) is 0 Å². The normalized spacial score (nSPS) is 10.3. The van der Waals surface area contributed by atoms with Gasteiger partial charge in [-0.25, -0.2) is 0 Å². The smallest absolute Gasteiger partial charge is 0.272 e. The molecule has 0 aromatic heterocycles. The number of hydrogen-bond donors (Lipinski definition) is 0. The molecule has 18 heavy (non-hydrogen) atoms. The van der Waals surface area contributed by atoms with Crippen LogP contribution in [0.4, 0.5) is 5.69 Å². The molecule has 0 heterocycles. The number of benzene rings is 1. The SMILES string of the molecule is CCCCCCCOc1ccc([N+](=O)[O-])c(C)c1. The van der Waals surface area contributed by atoms with E-state index in [1.807, 2.05) is 0 Å². The number of nitro benzene ring substituents is 1. The van der Waals surface area contributed by atoms with Gasteiger partial charge in [-0.3, -0.25) is 10.1 Å². The predicted octanol–water partition coefficient (Wildman–Crippen LogP) is 4.25. The zero-order valence-corrected chi connectivity index (χ0v) is 11.1. The first-order valence-electron chi connectivity index (χ1n) is 6.53. The van der Waals surface area contributed by atoms with E-state index in [-0.39, 0.29) is 10.6 Å². The summed E-state index contributed by atoms with van der Waals surface area (Å²) in [5.41, 5.74) is 0.786. The second-order valence-corrected chi connectivity index (χ2v) is 4.47. The minimum absolute atomic E-state index is 0.144. The number of unbranched alkanes of at least 4 members (excludes halogenated alkanes) is 4. The number of hydrogen-bond acceptors (Lipinski definition) is 3. The molecule has 4 heteroatoms. The Kier molecular flexibility index (Phi) is 6.19. The van der Waals surface area contributed by atoms with Crippen molar-refractivity contribution < 1.29 is 9.66 Å². The Labute approximate surface area is 108 Å². The van der Waals surface area contributed by atoms with Crippen LogP contribution in [0.5, 0.6) is 5.75 Å². The lowest BCUT2D eigenvalue weighted by atomic mass is 10.1. The van der Waals surface area contributed by atoms with Crippen molar-refractivity contribution in [3.8, 4) is 5.75 Å².